The lowest BCUT2D eigenvalue weighted by Gasteiger charge is -2.36. The van der Waals surface area contributed by atoms with Crippen LogP contribution in [0, 0.1) is 5.41 Å². The number of hydrogen-bond donors (Lipinski definition) is 2. The molecule has 2 aliphatic rings. The summed E-state index contributed by atoms with van der Waals surface area (Å²) in [5.41, 5.74) is 5.35. The first-order chi connectivity index (χ1) is 7.54. The standard InChI is InChI=1S/C11H20N2O3/c1-11(7-16-6-9(11)12)10(15)13-4-2-8(14)3-5-13/h8-9,14H,2-7,12H2,1H3. The number of amides is 1. The van der Waals surface area contributed by atoms with Gasteiger partial charge in [-0.25, -0.2) is 0 Å². The number of hydrogen-bond acceptors (Lipinski definition) is 4. The summed E-state index contributed by atoms with van der Waals surface area (Å²) < 4.78 is 5.28. The summed E-state index contributed by atoms with van der Waals surface area (Å²) in [5, 5.41) is 9.40. The van der Waals surface area contributed by atoms with Gasteiger partial charge in [0.25, 0.3) is 0 Å². The van der Waals surface area contributed by atoms with E-state index in [1.165, 1.54) is 0 Å². The van der Waals surface area contributed by atoms with Crippen molar-refractivity contribution in [1.82, 2.24) is 4.90 Å². The molecule has 0 aromatic carbocycles. The Morgan fingerprint density at radius 3 is 2.62 bits per heavy atom. The van der Waals surface area contributed by atoms with Crippen LogP contribution in [0.15, 0.2) is 0 Å². The summed E-state index contributed by atoms with van der Waals surface area (Å²) in [5.74, 6) is 0.0735. The number of aliphatic hydroxyl groups is 1. The first kappa shape index (κ1) is 11.8. The highest BCUT2D eigenvalue weighted by Crippen LogP contribution is 2.30. The molecule has 0 bridgehead atoms. The smallest absolute Gasteiger partial charge is 0.232 e. The molecule has 0 saturated carbocycles. The number of likely N-dealkylation sites (tertiary alicyclic amines) is 1. The fraction of sp³-hybridized carbons (Fsp3) is 0.909. The van der Waals surface area contributed by atoms with Crippen LogP contribution in [0.4, 0.5) is 0 Å². The summed E-state index contributed by atoms with van der Waals surface area (Å²) in [6.07, 6.45) is 1.07. The number of nitrogens with zero attached hydrogens (tertiary/aromatic N) is 1. The second-order valence-corrected chi connectivity index (χ2v) is 5.06. The van der Waals surface area contributed by atoms with E-state index >= 15 is 0 Å². The first-order valence-electron chi connectivity index (χ1n) is 5.85. The molecule has 3 N–H and O–H groups in total. The lowest BCUT2D eigenvalue weighted by molar-refractivity contribution is -0.143. The van der Waals surface area contributed by atoms with Gasteiger partial charge in [0, 0.05) is 19.1 Å². The Hall–Kier alpha value is -0.650. The first-order valence-corrected chi connectivity index (χ1v) is 5.85. The van der Waals surface area contributed by atoms with Gasteiger partial charge in [0.15, 0.2) is 0 Å². The van der Waals surface area contributed by atoms with E-state index in [-0.39, 0.29) is 18.1 Å². The van der Waals surface area contributed by atoms with Gasteiger partial charge in [-0.2, -0.15) is 0 Å². The molecule has 0 aliphatic carbocycles. The Kier molecular flexibility index (Phi) is 3.19. The third-order valence-corrected chi connectivity index (χ3v) is 3.76. The highest BCUT2D eigenvalue weighted by Gasteiger charge is 2.46. The molecular weight excluding hydrogens is 208 g/mol. The average Bonchev–Trinajstić information content (AvgIpc) is 2.61. The molecule has 0 aromatic heterocycles. The molecule has 0 spiro atoms. The topological polar surface area (TPSA) is 75.8 Å². The average molecular weight is 228 g/mol. The summed E-state index contributed by atoms with van der Waals surface area (Å²) >= 11 is 0. The molecule has 2 heterocycles. The molecular formula is C11H20N2O3. The van der Waals surface area contributed by atoms with Crippen molar-refractivity contribution in [2.45, 2.75) is 31.9 Å². The highest BCUT2D eigenvalue weighted by molar-refractivity contribution is 5.83. The predicted molar refractivity (Wildman–Crippen MR) is 58.7 cm³/mol. The van der Waals surface area contributed by atoms with E-state index in [0.29, 0.717) is 39.1 Å². The van der Waals surface area contributed by atoms with Gasteiger partial charge in [0.2, 0.25) is 5.91 Å². The fourth-order valence-corrected chi connectivity index (χ4v) is 2.34. The number of rotatable bonds is 1. The maximum absolute atomic E-state index is 12.3. The van der Waals surface area contributed by atoms with Gasteiger partial charge in [-0.3, -0.25) is 4.79 Å². The third kappa shape index (κ3) is 1.95. The number of nitrogens with two attached hydrogens (primary N) is 1. The van der Waals surface area contributed by atoms with E-state index < -0.39 is 5.41 Å². The highest BCUT2D eigenvalue weighted by atomic mass is 16.5. The Morgan fingerprint density at radius 1 is 1.50 bits per heavy atom. The van der Waals surface area contributed by atoms with Gasteiger partial charge in [0.1, 0.15) is 0 Å². The van der Waals surface area contributed by atoms with Gasteiger partial charge in [-0.15, -0.1) is 0 Å². The molecule has 2 aliphatic heterocycles. The normalized spacial score (nSPS) is 36.7. The largest absolute Gasteiger partial charge is 0.393 e. The molecule has 2 atom stereocenters. The van der Waals surface area contributed by atoms with Crippen molar-refractivity contribution < 1.29 is 14.6 Å². The number of aliphatic hydroxyl groups excluding tert-OH is 1. The van der Waals surface area contributed by atoms with Gasteiger partial charge >= 0.3 is 0 Å². The summed E-state index contributed by atoms with van der Waals surface area (Å²) in [7, 11) is 0. The maximum atomic E-state index is 12.3. The van der Waals surface area contributed by atoms with E-state index in [1.807, 2.05) is 6.92 Å². The van der Waals surface area contributed by atoms with Crippen LogP contribution in [0.5, 0.6) is 0 Å². The molecule has 0 radical (unpaired) electrons. The lowest BCUT2D eigenvalue weighted by atomic mass is 9.83. The zero-order valence-corrected chi connectivity index (χ0v) is 9.69. The molecule has 92 valence electrons. The second-order valence-electron chi connectivity index (χ2n) is 5.06. The Labute approximate surface area is 95.5 Å². The summed E-state index contributed by atoms with van der Waals surface area (Å²) in [4.78, 5) is 14.1. The molecule has 0 aromatic rings. The minimum Gasteiger partial charge on any atom is -0.393 e. The van der Waals surface area contributed by atoms with Gasteiger partial charge in [0.05, 0.1) is 24.7 Å². The van der Waals surface area contributed by atoms with Crippen LogP contribution in [0.2, 0.25) is 0 Å². The van der Waals surface area contributed by atoms with Crippen molar-refractivity contribution in [2.24, 2.45) is 11.1 Å². The monoisotopic (exact) mass is 228 g/mol. The van der Waals surface area contributed by atoms with E-state index in [1.54, 1.807) is 4.90 Å². The Morgan fingerprint density at radius 2 is 2.12 bits per heavy atom. The van der Waals surface area contributed by atoms with Crippen LogP contribution in [0.3, 0.4) is 0 Å². The number of carbonyl (C=O) groups is 1. The maximum Gasteiger partial charge on any atom is 0.232 e. The number of piperidine rings is 1. The third-order valence-electron chi connectivity index (χ3n) is 3.76. The van der Waals surface area contributed by atoms with Crippen LogP contribution in [0.1, 0.15) is 19.8 Å². The fourth-order valence-electron chi connectivity index (χ4n) is 2.34. The van der Waals surface area contributed by atoms with Gasteiger partial charge in [-0.05, 0) is 19.8 Å². The Balaban J connectivity index is 2.01. The second kappa shape index (κ2) is 4.31. The molecule has 5 nitrogen and oxygen atoms in total. The van der Waals surface area contributed by atoms with Crippen LogP contribution in [0.25, 0.3) is 0 Å². The van der Waals surface area contributed by atoms with E-state index in [0.717, 1.165) is 0 Å². The molecule has 16 heavy (non-hydrogen) atoms. The minimum absolute atomic E-state index is 0.0735. The van der Waals surface area contributed by atoms with Crippen molar-refractivity contribution in [3.63, 3.8) is 0 Å². The Bertz CT molecular complexity index is 276. The van der Waals surface area contributed by atoms with Crippen molar-refractivity contribution in [3.8, 4) is 0 Å². The quantitative estimate of drug-likeness (QED) is 0.624. The predicted octanol–water partition coefficient (Wildman–Crippen LogP) is -0.666. The molecule has 2 saturated heterocycles. The van der Waals surface area contributed by atoms with Crippen LogP contribution in [-0.4, -0.2) is 54.4 Å². The van der Waals surface area contributed by atoms with Crippen molar-refractivity contribution in [3.05, 3.63) is 0 Å². The molecule has 1 amide bonds. The van der Waals surface area contributed by atoms with E-state index in [2.05, 4.69) is 0 Å². The van der Waals surface area contributed by atoms with E-state index in [9.17, 15) is 9.90 Å². The van der Waals surface area contributed by atoms with Crippen LogP contribution in [-0.2, 0) is 9.53 Å². The van der Waals surface area contributed by atoms with Gasteiger partial charge < -0.3 is 20.5 Å². The molecule has 5 heteroatoms. The minimum atomic E-state index is -0.581. The summed E-state index contributed by atoms with van der Waals surface area (Å²) in [6, 6.07) is -0.216. The number of carbonyl (C=O) groups excluding carboxylic acids is 1. The van der Waals surface area contributed by atoms with Crippen LogP contribution < -0.4 is 5.73 Å². The van der Waals surface area contributed by atoms with Gasteiger partial charge in [-0.1, -0.05) is 0 Å². The van der Waals surface area contributed by atoms with Crippen molar-refractivity contribution in [2.75, 3.05) is 26.3 Å². The SMILES string of the molecule is CC1(C(=O)N2CCC(O)CC2)COCC1N. The number of ether oxygens (including phenoxy) is 1. The molecule has 2 fully saturated rings. The molecule has 2 unspecified atom stereocenters. The zero-order valence-electron chi connectivity index (χ0n) is 9.69. The zero-order chi connectivity index (χ0) is 11.8. The van der Waals surface area contributed by atoms with Crippen LogP contribution >= 0.6 is 0 Å². The van der Waals surface area contributed by atoms with E-state index in [4.69, 9.17) is 10.5 Å². The lowest BCUT2D eigenvalue weighted by Crippen LogP contribution is -2.53. The molecule has 2 rings (SSSR count). The van der Waals surface area contributed by atoms with Crippen molar-refractivity contribution in [1.29, 1.82) is 0 Å². The van der Waals surface area contributed by atoms with Crippen molar-refractivity contribution >= 4 is 5.91 Å². The summed E-state index contributed by atoms with van der Waals surface area (Å²) in [6.45, 7) is 3.99.